The average molecular weight is 655 g/mol. The van der Waals surface area contributed by atoms with Crippen LogP contribution < -0.4 is 21.3 Å². The number of hydrogen-bond acceptors (Lipinski definition) is 9. The minimum atomic E-state index is -1.57. The molecule has 0 aromatic heterocycles. The molecule has 0 saturated carbocycles. The molecule has 0 aliphatic carbocycles. The number of hydrogen-bond donors (Lipinski definition) is 6. The summed E-state index contributed by atoms with van der Waals surface area (Å²) in [4.78, 5) is 88.0. The summed E-state index contributed by atoms with van der Waals surface area (Å²) in [5.41, 5.74) is 2.16. The third-order valence-electron chi connectivity index (χ3n) is 7.18. The smallest absolute Gasteiger partial charge is 0.339 e. The summed E-state index contributed by atoms with van der Waals surface area (Å²) >= 11 is 0. The first-order valence-electron chi connectivity index (χ1n) is 14.9. The maximum atomic E-state index is 13.2. The molecule has 0 unspecified atom stereocenters. The number of amides is 4. The number of aliphatic carboxylic acids is 1. The van der Waals surface area contributed by atoms with Crippen LogP contribution >= 0.6 is 0 Å². The second-order valence-electron chi connectivity index (χ2n) is 11.6. The van der Waals surface area contributed by atoms with Crippen LogP contribution in [0.1, 0.15) is 61.2 Å². The molecule has 0 bridgehead atoms. The molecule has 2 rings (SSSR count). The highest BCUT2D eigenvalue weighted by molar-refractivity contribution is 5.98. The standard InChI is InChI=1S/C33H42N4O10/c1-17(2)29(37-31(44)25(35-21(6)38)14-22-10-12-23(39)13-11-22)32(45)34-20(5)30(43)36-24(15-27(41)42)26(40)16-47-33(46)28-18(3)8-7-9-19(28)4/h7-13,17,20,24-25,29,39H,14-16H2,1-6H3,(H,34,45)(H,35,38)(H,36,43)(H,37,44)(H,41,42)/t20-,24-,25-,29+/m1/s1. The number of phenolic OH excluding ortho intramolecular Hbond substituents is 1. The van der Waals surface area contributed by atoms with Gasteiger partial charge in [0.05, 0.1) is 12.0 Å². The van der Waals surface area contributed by atoms with Crippen LogP contribution in [-0.2, 0) is 39.9 Å². The maximum Gasteiger partial charge on any atom is 0.339 e. The van der Waals surface area contributed by atoms with Gasteiger partial charge in [0.2, 0.25) is 23.6 Å². The van der Waals surface area contributed by atoms with Gasteiger partial charge in [-0.3, -0.25) is 28.8 Å². The van der Waals surface area contributed by atoms with Gasteiger partial charge in [0, 0.05) is 13.3 Å². The third kappa shape index (κ3) is 11.9. The number of Topliss-reactive ketones (excluding diaryl/α,β-unsaturated/α-hetero) is 1. The van der Waals surface area contributed by atoms with Crippen molar-refractivity contribution in [3.8, 4) is 5.75 Å². The summed E-state index contributed by atoms with van der Waals surface area (Å²) in [6.45, 7) is 8.45. The van der Waals surface area contributed by atoms with Crippen molar-refractivity contribution in [3.63, 3.8) is 0 Å². The van der Waals surface area contributed by atoms with Gasteiger partial charge < -0.3 is 36.2 Å². The predicted octanol–water partition coefficient (Wildman–Crippen LogP) is 1.09. The molecular formula is C33H42N4O10. The number of ether oxygens (including phenoxy) is 1. The molecule has 4 amide bonds. The number of carboxylic acid groups (broad SMARTS) is 1. The number of aryl methyl sites for hydroxylation is 2. The van der Waals surface area contributed by atoms with Gasteiger partial charge in [-0.15, -0.1) is 0 Å². The summed E-state index contributed by atoms with van der Waals surface area (Å²) in [7, 11) is 0. The van der Waals surface area contributed by atoms with Crippen LogP contribution in [0.25, 0.3) is 0 Å². The number of carbonyl (C=O) groups is 7. The molecule has 0 aliphatic rings. The second kappa shape index (κ2) is 17.4. The number of aromatic hydroxyl groups is 1. The molecule has 2 aromatic rings. The van der Waals surface area contributed by atoms with Crippen molar-refractivity contribution in [1.82, 2.24) is 21.3 Å². The number of benzene rings is 2. The summed E-state index contributed by atoms with van der Waals surface area (Å²) in [5.74, 6) is -6.27. The zero-order valence-electron chi connectivity index (χ0n) is 27.2. The van der Waals surface area contributed by atoms with Gasteiger partial charge >= 0.3 is 11.9 Å². The molecule has 2 aromatic carbocycles. The Morgan fingerprint density at radius 3 is 1.89 bits per heavy atom. The first kappa shape index (κ1) is 37.9. The van der Waals surface area contributed by atoms with Gasteiger partial charge in [-0.1, -0.05) is 44.2 Å². The SMILES string of the molecule is CC(=O)N[C@H](Cc1ccc(O)cc1)C(=O)N[C@H](C(=O)N[C@H](C)C(=O)N[C@H](CC(=O)O)C(=O)COC(=O)c1c(C)cccc1C)C(C)C. The first-order valence-corrected chi connectivity index (χ1v) is 14.9. The maximum absolute atomic E-state index is 13.2. The zero-order valence-corrected chi connectivity index (χ0v) is 27.2. The van der Waals surface area contributed by atoms with Gasteiger partial charge in [0.15, 0.2) is 12.4 Å². The van der Waals surface area contributed by atoms with E-state index in [1.807, 2.05) is 0 Å². The summed E-state index contributed by atoms with van der Waals surface area (Å²) in [6, 6.07) is 6.15. The van der Waals surface area contributed by atoms with E-state index in [9.17, 15) is 43.8 Å². The number of ketones is 1. The molecule has 14 nitrogen and oxygen atoms in total. The molecule has 0 aliphatic heterocycles. The fraction of sp³-hybridized carbons (Fsp3) is 0.424. The number of esters is 1. The van der Waals surface area contributed by atoms with Crippen LogP contribution in [0.15, 0.2) is 42.5 Å². The third-order valence-corrected chi connectivity index (χ3v) is 7.18. The topological polar surface area (TPSA) is 217 Å². The molecule has 254 valence electrons. The van der Waals surface area contributed by atoms with Crippen molar-refractivity contribution in [2.45, 2.75) is 78.6 Å². The van der Waals surface area contributed by atoms with Crippen molar-refractivity contribution in [2.75, 3.05) is 6.61 Å². The Labute approximate surface area is 272 Å². The lowest BCUT2D eigenvalue weighted by molar-refractivity contribution is -0.141. The van der Waals surface area contributed by atoms with Gasteiger partial charge in [-0.2, -0.15) is 0 Å². The van der Waals surface area contributed by atoms with Gasteiger partial charge in [-0.05, 0) is 55.5 Å². The zero-order chi connectivity index (χ0) is 35.4. The van der Waals surface area contributed by atoms with Crippen molar-refractivity contribution < 1.29 is 48.5 Å². The Bertz CT molecular complexity index is 1470. The fourth-order valence-corrected chi connectivity index (χ4v) is 4.64. The molecule has 47 heavy (non-hydrogen) atoms. The van der Waals surface area contributed by atoms with Crippen LogP contribution in [0, 0.1) is 19.8 Å². The lowest BCUT2D eigenvalue weighted by Crippen LogP contribution is -2.58. The number of rotatable bonds is 16. The predicted molar refractivity (Wildman–Crippen MR) is 169 cm³/mol. The van der Waals surface area contributed by atoms with Crippen molar-refractivity contribution in [2.24, 2.45) is 5.92 Å². The number of carboxylic acids is 1. The molecule has 14 heteroatoms. The summed E-state index contributed by atoms with van der Waals surface area (Å²) in [5, 5.41) is 28.7. The lowest BCUT2D eigenvalue weighted by atomic mass is 10.0. The largest absolute Gasteiger partial charge is 0.508 e. The molecule has 0 heterocycles. The van der Waals surface area contributed by atoms with Crippen LogP contribution in [0.5, 0.6) is 5.75 Å². The number of phenols is 1. The van der Waals surface area contributed by atoms with Crippen LogP contribution in [0.2, 0.25) is 0 Å². The molecule has 0 spiro atoms. The van der Waals surface area contributed by atoms with Gasteiger partial charge in [-0.25, -0.2) is 4.79 Å². The van der Waals surface area contributed by atoms with Crippen LogP contribution in [-0.4, -0.2) is 82.3 Å². The normalized spacial score (nSPS) is 13.3. The van der Waals surface area contributed by atoms with E-state index in [0.29, 0.717) is 16.7 Å². The van der Waals surface area contributed by atoms with Crippen LogP contribution in [0.4, 0.5) is 0 Å². The van der Waals surface area contributed by atoms with Crippen LogP contribution in [0.3, 0.4) is 0 Å². The number of nitrogens with one attached hydrogen (secondary N) is 4. The Kier molecular flexibility index (Phi) is 14.1. The molecular weight excluding hydrogens is 612 g/mol. The second-order valence-corrected chi connectivity index (χ2v) is 11.6. The molecule has 6 N–H and O–H groups in total. The quantitative estimate of drug-likeness (QED) is 0.142. The van der Waals surface area contributed by atoms with Gasteiger partial charge in [0.1, 0.15) is 29.9 Å². The van der Waals surface area contributed by atoms with Crippen molar-refractivity contribution >= 4 is 41.4 Å². The molecule has 0 saturated heterocycles. The average Bonchev–Trinajstić information content (AvgIpc) is 2.98. The first-order chi connectivity index (χ1) is 22.0. The van der Waals surface area contributed by atoms with E-state index in [1.54, 1.807) is 58.0 Å². The van der Waals surface area contributed by atoms with E-state index in [-0.39, 0.29) is 17.7 Å². The lowest BCUT2D eigenvalue weighted by Gasteiger charge is -2.27. The highest BCUT2D eigenvalue weighted by atomic mass is 16.5. The van der Waals surface area contributed by atoms with E-state index in [2.05, 4.69) is 21.3 Å². The minimum Gasteiger partial charge on any atom is -0.508 e. The Balaban J connectivity index is 2.07. The Morgan fingerprint density at radius 2 is 1.36 bits per heavy atom. The van der Waals surface area contributed by atoms with Crippen molar-refractivity contribution in [1.29, 1.82) is 0 Å². The Morgan fingerprint density at radius 1 is 0.766 bits per heavy atom. The highest BCUT2D eigenvalue weighted by Gasteiger charge is 2.32. The van der Waals surface area contributed by atoms with E-state index in [1.165, 1.54) is 26.0 Å². The van der Waals surface area contributed by atoms with E-state index in [4.69, 9.17) is 4.74 Å². The monoisotopic (exact) mass is 654 g/mol. The fourth-order valence-electron chi connectivity index (χ4n) is 4.64. The minimum absolute atomic E-state index is 0.0271. The van der Waals surface area contributed by atoms with E-state index < -0.39 is 84.5 Å². The summed E-state index contributed by atoms with van der Waals surface area (Å²) in [6.07, 6.45) is -0.738. The molecule has 4 atom stereocenters. The van der Waals surface area contributed by atoms with E-state index >= 15 is 0 Å². The van der Waals surface area contributed by atoms with Gasteiger partial charge in [0.25, 0.3) is 0 Å². The summed E-state index contributed by atoms with van der Waals surface area (Å²) < 4.78 is 5.12. The highest BCUT2D eigenvalue weighted by Crippen LogP contribution is 2.15. The molecule has 0 radical (unpaired) electrons. The van der Waals surface area contributed by atoms with E-state index in [0.717, 1.165) is 0 Å². The molecule has 0 fully saturated rings. The Hall–Kier alpha value is -5.27. The number of carbonyl (C=O) groups excluding carboxylic acids is 6. The van der Waals surface area contributed by atoms with Crippen molar-refractivity contribution in [3.05, 3.63) is 64.7 Å².